The number of nitrogens with zero attached hydrogens (tertiary/aromatic N) is 1. The van der Waals surface area contributed by atoms with E-state index in [2.05, 4.69) is 11.9 Å². The first-order valence-electron chi connectivity index (χ1n) is 7.63. The summed E-state index contributed by atoms with van der Waals surface area (Å²) in [5, 5.41) is 2.33. The van der Waals surface area contributed by atoms with Crippen LogP contribution in [0.5, 0.6) is 0 Å². The maximum absolute atomic E-state index is 12.7. The lowest BCUT2D eigenvalue weighted by atomic mass is 10.0. The second kappa shape index (κ2) is 6.45. The summed E-state index contributed by atoms with van der Waals surface area (Å²) in [5.74, 6) is -0.554. The van der Waals surface area contributed by atoms with Crippen molar-refractivity contribution in [2.75, 3.05) is 0 Å². The quantitative estimate of drug-likeness (QED) is 0.740. The van der Waals surface area contributed by atoms with Gasteiger partial charge in [0.2, 0.25) is 5.91 Å². The molecule has 0 aliphatic rings. The molecule has 7 heteroatoms. The number of carbonyl (C=O) groups is 1. The van der Waals surface area contributed by atoms with Crippen molar-refractivity contribution in [1.29, 1.82) is 0 Å². The molecule has 24 heavy (non-hydrogen) atoms. The summed E-state index contributed by atoms with van der Waals surface area (Å²) < 4.78 is 1.03. The summed E-state index contributed by atoms with van der Waals surface area (Å²) in [7, 11) is 0. The molecule has 3 aromatic rings. The molecular formula is C17H17N3O3S. The number of fused-ring (bicyclic) bond motifs is 1. The Morgan fingerprint density at radius 1 is 1.25 bits per heavy atom. The molecular weight excluding hydrogens is 326 g/mol. The first-order chi connectivity index (χ1) is 11.5. The van der Waals surface area contributed by atoms with E-state index in [9.17, 15) is 14.4 Å². The van der Waals surface area contributed by atoms with Gasteiger partial charge >= 0.3 is 5.69 Å². The van der Waals surface area contributed by atoms with Gasteiger partial charge < -0.3 is 5.73 Å². The Bertz CT molecular complexity index is 1010. The Kier molecular flexibility index (Phi) is 4.35. The van der Waals surface area contributed by atoms with Gasteiger partial charge in [0.05, 0.1) is 5.39 Å². The van der Waals surface area contributed by atoms with Crippen molar-refractivity contribution in [1.82, 2.24) is 9.55 Å². The van der Waals surface area contributed by atoms with Crippen LogP contribution in [0.4, 0.5) is 0 Å². The van der Waals surface area contributed by atoms with Crippen LogP contribution in [0.1, 0.15) is 18.9 Å². The second-order valence-electron chi connectivity index (χ2n) is 5.51. The molecule has 0 spiro atoms. The number of primary amides is 1. The summed E-state index contributed by atoms with van der Waals surface area (Å²) >= 11 is 1.32. The fourth-order valence-electron chi connectivity index (χ4n) is 2.61. The maximum Gasteiger partial charge on any atom is 0.329 e. The van der Waals surface area contributed by atoms with Crippen molar-refractivity contribution >= 4 is 27.5 Å². The smallest absolute Gasteiger partial charge is 0.329 e. The lowest BCUT2D eigenvalue weighted by molar-refractivity contribution is -0.118. The average Bonchev–Trinajstić information content (AvgIpc) is 2.98. The number of H-pyrrole nitrogens is 1. The van der Waals surface area contributed by atoms with Gasteiger partial charge in [-0.1, -0.05) is 31.2 Å². The Morgan fingerprint density at radius 3 is 2.58 bits per heavy atom. The zero-order valence-corrected chi connectivity index (χ0v) is 14.0. The molecule has 0 fully saturated rings. The van der Waals surface area contributed by atoms with Gasteiger partial charge in [-0.3, -0.25) is 19.1 Å². The number of benzene rings is 1. The van der Waals surface area contributed by atoms with Crippen LogP contribution in [0.3, 0.4) is 0 Å². The van der Waals surface area contributed by atoms with Gasteiger partial charge in [0.25, 0.3) is 5.56 Å². The Labute approximate surface area is 141 Å². The molecule has 0 unspecified atom stereocenters. The van der Waals surface area contributed by atoms with E-state index in [4.69, 9.17) is 5.73 Å². The SMILES string of the molecule is CCc1ccc(-c2csc3[nH]c(=O)n(CCC(N)=O)c(=O)c23)cc1. The van der Waals surface area contributed by atoms with Crippen molar-refractivity contribution < 1.29 is 4.79 Å². The van der Waals surface area contributed by atoms with Crippen molar-refractivity contribution in [2.24, 2.45) is 5.73 Å². The van der Waals surface area contributed by atoms with Crippen LogP contribution < -0.4 is 17.0 Å². The Morgan fingerprint density at radius 2 is 1.96 bits per heavy atom. The highest BCUT2D eigenvalue weighted by Gasteiger charge is 2.15. The molecule has 3 rings (SSSR count). The first-order valence-corrected chi connectivity index (χ1v) is 8.51. The van der Waals surface area contributed by atoms with Gasteiger partial charge in [0.1, 0.15) is 4.83 Å². The zero-order chi connectivity index (χ0) is 17.3. The number of hydrogen-bond acceptors (Lipinski definition) is 4. The van der Waals surface area contributed by atoms with Gasteiger partial charge in [-0.25, -0.2) is 4.79 Å². The van der Waals surface area contributed by atoms with E-state index < -0.39 is 17.2 Å². The molecule has 0 saturated carbocycles. The van der Waals surface area contributed by atoms with Crippen molar-refractivity contribution in [3.63, 3.8) is 0 Å². The number of thiophene rings is 1. The summed E-state index contributed by atoms with van der Waals surface area (Å²) in [6.45, 7) is 2.06. The molecule has 2 heterocycles. The van der Waals surface area contributed by atoms with E-state index in [1.165, 1.54) is 16.9 Å². The summed E-state index contributed by atoms with van der Waals surface area (Å²) in [5.41, 5.74) is 7.11. The van der Waals surface area contributed by atoms with E-state index >= 15 is 0 Å². The van der Waals surface area contributed by atoms with Crippen LogP contribution >= 0.6 is 11.3 Å². The second-order valence-corrected chi connectivity index (χ2v) is 6.39. The molecule has 6 nitrogen and oxygen atoms in total. The summed E-state index contributed by atoms with van der Waals surface area (Å²) in [6.07, 6.45) is 0.886. The van der Waals surface area contributed by atoms with Crippen molar-refractivity contribution in [3.05, 3.63) is 56.0 Å². The molecule has 0 radical (unpaired) electrons. The number of aromatic nitrogens is 2. The van der Waals surface area contributed by atoms with Crippen molar-refractivity contribution in [2.45, 2.75) is 26.3 Å². The standard InChI is InChI=1S/C17H17N3O3S/c1-2-10-3-5-11(6-4-10)12-9-24-15-14(12)16(22)20(17(23)19-15)8-7-13(18)21/h3-6,9H,2,7-8H2,1H3,(H2,18,21)(H,19,23). The normalized spacial score (nSPS) is 11.0. The molecule has 1 amide bonds. The predicted molar refractivity (Wildman–Crippen MR) is 95.3 cm³/mol. The molecule has 1 aromatic carbocycles. The van der Waals surface area contributed by atoms with E-state index in [1.807, 2.05) is 29.6 Å². The molecule has 0 saturated heterocycles. The number of aromatic amines is 1. The molecule has 3 N–H and O–H groups in total. The third-order valence-electron chi connectivity index (χ3n) is 3.97. The van der Waals surface area contributed by atoms with Gasteiger partial charge in [-0.2, -0.15) is 0 Å². The monoisotopic (exact) mass is 343 g/mol. The third kappa shape index (κ3) is 2.90. The topological polar surface area (TPSA) is 97.9 Å². The van der Waals surface area contributed by atoms with Gasteiger partial charge in [-0.15, -0.1) is 11.3 Å². The number of nitrogens with two attached hydrogens (primary N) is 1. The number of amides is 1. The number of carbonyl (C=O) groups excluding carboxylic acids is 1. The fourth-order valence-corrected chi connectivity index (χ4v) is 3.56. The Hall–Kier alpha value is -2.67. The van der Waals surface area contributed by atoms with E-state index in [0.29, 0.717) is 10.2 Å². The molecule has 0 aliphatic heterocycles. The number of aryl methyl sites for hydroxylation is 1. The highest BCUT2D eigenvalue weighted by Crippen LogP contribution is 2.30. The Balaban J connectivity index is 2.16. The van der Waals surface area contributed by atoms with Crippen LogP contribution in [0.25, 0.3) is 21.3 Å². The highest BCUT2D eigenvalue weighted by atomic mass is 32.1. The molecule has 0 atom stereocenters. The lowest BCUT2D eigenvalue weighted by Gasteiger charge is -2.05. The summed E-state index contributed by atoms with van der Waals surface area (Å²) in [4.78, 5) is 39.0. The molecule has 0 bridgehead atoms. The lowest BCUT2D eigenvalue weighted by Crippen LogP contribution is -2.36. The van der Waals surface area contributed by atoms with E-state index in [0.717, 1.165) is 22.1 Å². The van der Waals surface area contributed by atoms with Crippen LogP contribution in [0, 0.1) is 0 Å². The largest absolute Gasteiger partial charge is 0.370 e. The number of hydrogen-bond donors (Lipinski definition) is 2. The number of nitrogens with one attached hydrogen (secondary N) is 1. The van der Waals surface area contributed by atoms with E-state index in [1.54, 1.807) is 0 Å². The first kappa shape index (κ1) is 16.2. The number of rotatable bonds is 5. The van der Waals surface area contributed by atoms with Crippen LogP contribution in [0.2, 0.25) is 0 Å². The predicted octanol–water partition coefficient (Wildman–Crippen LogP) is 1.86. The van der Waals surface area contributed by atoms with Crippen molar-refractivity contribution in [3.8, 4) is 11.1 Å². The minimum absolute atomic E-state index is 0.0243. The van der Waals surface area contributed by atoms with Gasteiger partial charge in [0, 0.05) is 23.9 Å². The van der Waals surface area contributed by atoms with E-state index in [-0.39, 0.29) is 13.0 Å². The zero-order valence-electron chi connectivity index (χ0n) is 13.2. The molecule has 0 aliphatic carbocycles. The average molecular weight is 343 g/mol. The van der Waals surface area contributed by atoms with Gasteiger partial charge in [0.15, 0.2) is 0 Å². The minimum atomic E-state index is -0.554. The van der Waals surface area contributed by atoms with Crippen LogP contribution in [-0.4, -0.2) is 15.5 Å². The minimum Gasteiger partial charge on any atom is -0.370 e. The van der Waals surface area contributed by atoms with Gasteiger partial charge in [-0.05, 0) is 17.5 Å². The molecule has 124 valence electrons. The van der Waals surface area contributed by atoms with Crippen LogP contribution in [0.15, 0.2) is 39.2 Å². The highest BCUT2D eigenvalue weighted by molar-refractivity contribution is 7.17. The maximum atomic E-state index is 12.7. The third-order valence-corrected chi connectivity index (χ3v) is 4.87. The fraction of sp³-hybridized carbons (Fsp3) is 0.235. The summed E-state index contributed by atoms with van der Waals surface area (Å²) in [6, 6.07) is 7.99. The molecule has 2 aromatic heterocycles. The van der Waals surface area contributed by atoms with Crippen LogP contribution in [-0.2, 0) is 17.8 Å².